The lowest BCUT2D eigenvalue weighted by molar-refractivity contribution is -0.149. The second-order valence-corrected chi connectivity index (χ2v) is 5.73. The average Bonchev–Trinajstić information content (AvgIpc) is 2.33. The summed E-state index contributed by atoms with van der Waals surface area (Å²) in [5.41, 5.74) is 0. The van der Waals surface area contributed by atoms with Crippen molar-refractivity contribution in [3.05, 3.63) is 0 Å². The van der Waals surface area contributed by atoms with Gasteiger partial charge in [0.1, 0.15) is 6.04 Å². The number of halogens is 3. The summed E-state index contributed by atoms with van der Waals surface area (Å²) < 4.78 is 36.8. The Kier molecular flexibility index (Phi) is 6.89. The van der Waals surface area contributed by atoms with E-state index in [0.29, 0.717) is 39.1 Å². The van der Waals surface area contributed by atoms with E-state index in [2.05, 4.69) is 5.32 Å². The predicted octanol–water partition coefficient (Wildman–Crippen LogP) is 1.01. The number of nitrogens with zero attached hydrogens (tertiary/aromatic N) is 2. The first-order valence-corrected chi connectivity index (χ1v) is 7.17. The zero-order valence-corrected chi connectivity index (χ0v) is 12.5. The van der Waals surface area contributed by atoms with Crippen LogP contribution in [-0.2, 0) is 4.79 Å². The third kappa shape index (κ3) is 7.63. The topological polar surface area (TPSA) is 55.8 Å². The molecular weight excluding hydrogens is 287 g/mol. The molecule has 2 N–H and O–H groups in total. The maximum absolute atomic E-state index is 12.3. The molecule has 0 aromatic heterocycles. The van der Waals surface area contributed by atoms with Crippen molar-refractivity contribution < 1.29 is 23.1 Å². The van der Waals surface area contributed by atoms with Gasteiger partial charge in [0.2, 0.25) is 0 Å². The highest BCUT2D eigenvalue weighted by atomic mass is 19.4. The summed E-state index contributed by atoms with van der Waals surface area (Å²) in [4.78, 5) is 14.5. The summed E-state index contributed by atoms with van der Waals surface area (Å²) >= 11 is 0. The van der Waals surface area contributed by atoms with Crippen molar-refractivity contribution in [1.82, 2.24) is 15.1 Å². The molecule has 0 bridgehead atoms. The fourth-order valence-corrected chi connectivity index (χ4v) is 2.42. The molecule has 5 nitrogen and oxygen atoms in total. The zero-order chi connectivity index (χ0) is 16.0. The number of nitrogens with one attached hydrogen (secondary N) is 1. The molecule has 0 aromatic rings. The zero-order valence-electron chi connectivity index (χ0n) is 12.5. The van der Waals surface area contributed by atoms with E-state index in [9.17, 15) is 18.0 Å². The van der Waals surface area contributed by atoms with Gasteiger partial charge in [-0.05, 0) is 6.42 Å². The Morgan fingerprint density at radius 3 is 2.14 bits per heavy atom. The summed E-state index contributed by atoms with van der Waals surface area (Å²) in [6.45, 7) is 5.31. The van der Waals surface area contributed by atoms with Crippen molar-refractivity contribution in [1.29, 1.82) is 0 Å². The number of piperazine rings is 1. The number of alkyl halides is 3. The summed E-state index contributed by atoms with van der Waals surface area (Å²) in [6, 6.07) is -0.534. The van der Waals surface area contributed by atoms with Crippen molar-refractivity contribution in [2.75, 3.05) is 39.3 Å². The summed E-state index contributed by atoms with van der Waals surface area (Å²) in [7, 11) is 0. The molecule has 1 rings (SSSR count). The van der Waals surface area contributed by atoms with Gasteiger partial charge >= 0.3 is 12.1 Å². The number of hydrogen-bond donors (Lipinski definition) is 2. The molecule has 1 fully saturated rings. The second-order valence-electron chi connectivity index (χ2n) is 5.73. The van der Waals surface area contributed by atoms with Gasteiger partial charge < -0.3 is 15.3 Å². The fraction of sp³-hybridized carbons (Fsp3) is 0.923. The first-order valence-electron chi connectivity index (χ1n) is 7.17. The molecule has 124 valence electrons. The van der Waals surface area contributed by atoms with Gasteiger partial charge in [0.15, 0.2) is 0 Å². The van der Waals surface area contributed by atoms with Gasteiger partial charge in [-0.15, -0.1) is 0 Å². The highest BCUT2D eigenvalue weighted by molar-refractivity contribution is 5.73. The highest BCUT2D eigenvalue weighted by Gasteiger charge is 2.32. The maximum Gasteiger partial charge on any atom is 0.401 e. The van der Waals surface area contributed by atoms with Crippen molar-refractivity contribution in [2.45, 2.75) is 38.5 Å². The van der Waals surface area contributed by atoms with E-state index < -0.39 is 24.7 Å². The van der Waals surface area contributed by atoms with Crippen LogP contribution in [0.3, 0.4) is 0 Å². The van der Waals surface area contributed by atoms with Crippen molar-refractivity contribution in [3.63, 3.8) is 0 Å². The van der Waals surface area contributed by atoms with E-state index >= 15 is 0 Å². The van der Waals surface area contributed by atoms with Crippen LogP contribution in [0.4, 0.5) is 13.2 Å². The molecule has 0 aromatic carbocycles. The van der Waals surface area contributed by atoms with Crippen LogP contribution in [0.25, 0.3) is 0 Å². The van der Waals surface area contributed by atoms with E-state index in [4.69, 9.17) is 5.11 Å². The van der Waals surface area contributed by atoms with Crippen LogP contribution in [-0.4, -0.2) is 78.4 Å². The highest BCUT2D eigenvalue weighted by Crippen LogP contribution is 2.17. The molecule has 1 heterocycles. The number of carboxylic acid groups (broad SMARTS) is 1. The lowest BCUT2D eigenvalue weighted by Crippen LogP contribution is -2.50. The standard InChI is InChI=1S/C13H24F3N3O2/c1-10(2)17-11(12(20)21)3-4-18-5-7-19(8-6-18)9-13(14,15)16/h10-11,17H,3-9H2,1-2H3,(H,20,21). The number of hydrogen-bond acceptors (Lipinski definition) is 4. The van der Waals surface area contributed by atoms with Crippen molar-refractivity contribution in [2.24, 2.45) is 0 Å². The normalized spacial score (nSPS) is 19.9. The van der Waals surface area contributed by atoms with Gasteiger partial charge in [-0.1, -0.05) is 13.8 Å². The molecule has 0 radical (unpaired) electrons. The van der Waals surface area contributed by atoms with Crippen LogP contribution < -0.4 is 5.32 Å². The van der Waals surface area contributed by atoms with Crippen LogP contribution in [0.15, 0.2) is 0 Å². The maximum atomic E-state index is 12.3. The number of carbonyl (C=O) groups is 1. The minimum atomic E-state index is -4.16. The lowest BCUT2D eigenvalue weighted by atomic mass is 10.1. The van der Waals surface area contributed by atoms with Crippen LogP contribution in [0.5, 0.6) is 0 Å². The second kappa shape index (κ2) is 7.95. The smallest absolute Gasteiger partial charge is 0.401 e. The van der Waals surface area contributed by atoms with Crippen LogP contribution in [0.2, 0.25) is 0 Å². The Hall–Kier alpha value is -0.860. The molecule has 21 heavy (non-hydrogen) atoms. The van der Waals surface area contributed by atoms with E-state index in [1.807, 2.05) is 18.7 Å². The van der Waals surface area contributed by atoms with E-state index in [-0.39, 0.29) is 6.04 Å². The van der Waals surface area contributed by atoms with Gasteiger partial charge in [0, 0.05) is 38.8 Å². The van der Waals surface area contributed by atoms with Crippen molar-refractivity contribution >= 4 is 5.97 Å². The molecule has 8 heteroatoms. The largest absolute Gasteiger partial charge is 0.480 e. The van der Waals surface area contributed by atoms with Crippen LogP contribution in [0.1, 0.15) is 20.3 Å². The SMILES string of the molecule is CC(C)NC(CCN1CCN(CC(F)(F)F)CC1)C(=O)O. The van der Waals surface area contributed by atoms with Crippen LogP contribution >= 0.6 is 0 Å². The van der Waals surface area contributed by atoms with Gasteiger partial charge in [0.25, 0.3) is 0 Å². The molecule has 1 unspecified atom stereocenters. The number of carboxylic acids is 1. The predicted molar refractivity (Wildman–Crippen MR) is 73.2 cm³/mol. The van der Waals surface area contributed by atoms with E-state index in [1.54, 1.807) is 0 Å². The molecule has 1 aliphatic rings. The molecule has 1 aliphatic heterocycles. The van der Waals surface area contributed by atoms with Crippen LogP contribution in [0, 0.1) is 0 Å². The van der Waals surface area contributed by atoms with Gasteiger partial charge in [-0.3, -0.25) is 9.69 Å². The quantitative estimate of drug-likeness (QED) is 0.735. The number of aliphatic carboxylic acids is 1. The Labute approximate surface area is 123 Å². The van der Waals surface area contributed by atoms with E-state index in [0.717, 1.165) is 0 Å². The van der Waals surface area contributed by atoms with Gasteiger partial charge in [0.05, 0.1) is 6.54 Å². The molecular formula is C13H24F3N3O2. The lowest BCUT2D eigenvalue weighted by Gasteiger charge is -2.35. The number of rotatable bonds is 7. The molecule has 0 saturated carbocycles. The molecule has 1 saturated heterocycles. The Bertz CT molecular complexity index is 329. The monoisotopic (exact) mass is 311 g/mol. The van der Waals surface area contributed by atoms with E-state index in [1.165, 1.54) is 4.90 Å². The first-order chi connectivity index (χ1) is 9.67. The molecule has 1 atom stereocenters. The third-order valence-corrected chi connectivity index (χ3v) is 3.43. The Morgan fingerprint density at radius 1 is 1.19 bits per heavy atom. The summed E-state index contributed by atoms with van der Waals surface area (Å²) in [5, 5.41) is 12.1. The molecule has 0 aliphatic carbocycles. The third-order valence-electron chi connectivity index (χ3n) is 3.43. The Morgan fingerprint density at radius 2 is 1.71 bits per heavy atom. The first kappa shape index (κ1) is 18.2. The summed E-state index contributed by atoms with van der Waals surface area (Å²) in [6.07, 6.45) is -3.70. The summed E-state index contributed by atoms with van der Waals surface area (Å²) in [5.74, 6) is -0.889. The van der Waals surface area contributed by atoms with Crippen molar-refractivity contribution in [3.8, 4) is 0 Å². The minimum absolute atomic E-state index is 0.0785. The molecule has 0 amide bonds. The van der Waals surface area contributed by atoms with Gasteiger partial charge in [-0.2, -0.15) is 13.2 Å². The Balaban J connectivity index is 2.30. The average molecular weight is 311 g/mol. The molecule has 0 spiro atoms. The van der Waals surface area contributed by atoms with Gasteiger partial charge in [-0.25, -0.2) is 0 Å². The fourth-order valence-electron chi connectivity index (χ4n) is 2.42. The minimum Gasteiger partial charge on any atom is -0.480 e.